The molecule has 0 saturated carbocycles. The second-order valence-electron chi connectivity index (χ2n) is 5.84. The van der Waals surface area contributed by atoms with E-state index in [0.717, 1.165) is 36.3 Å². The maximum absolute atomic E-state index is 4.63. The van der Waals surface area contributed by atoms with Gasteiger partial charge in [-0.15, -0.1) is 0 Å². The van der Waals surface area contributed by atoms with Crippen LogP contribution in [0.15, 0.2) is 36.5 Å². The van der Waals surface area contributed by atoms with Crippen molar-refractivity contribution >= 4 is 5.95 Å². The molecule has 1 aliphatic rings. The van der Waals surface area contributed by atoms with E-state index in [0.29, 0.717) is 0 Å². The first-order valence-electron chi connectivity index (χ1n) is 7.84. The van der Waals surface area contributed by atoms with Gasteiger partial charge in [-0.3, -0.25) is 4.57 Å². The van der Waals surface area contributed by atoms with Crippen LogP contribution in [0.5, 0.6) is 0 Å². The highest BCUT2D eigenvalue weighted by Crippen LogP contribution is 2.19. The van der Waals surface area contributed by atoms with Crippen LogP contribution in [0, 0.1) is 12.8 Å². The van der Waals surface area contributed by atoms with Crippen molar-refractivity contribution in [2.75, 3.05) is 31.5 Å². The molecule has 2 aromatic rings. The molecule has 1 aromatic heterocycles. The van der Waals surface area contributed by atoms with Crippen LogP contribution in [0.25, 0.3) is 5.69 Å². The molecule has 1 unspecified atom stereocenters. The van der Waals surface area contributed by atoms with Gasteiger partial charge in [-0.2, -0.15) is 0 Å². The molecule has 0 bridgehead atoms. The molecule has 4 heteroatoms. The summed E-state index contributed by atoms with van der Waals surface area (Å²) < 4.78 is 2.14. The van der Waals surface area contributed by atoms with Gasteiger partial charge < -0.3 is 10.2 Å². The third kappa shape index (κ3) is 3.27. The number of anilines is 1. The number of hydrogen-bond donors (Lipinski definition) is 1. The van der Waals surface area contributed by atoms with Crippen LogP contribution in [-0.4, -0.2) is 40.6 Å². The minimum absolute atomic E-state index is 0.728. The van der Waals surface area contributed by atoms with Crippen LogP contribution >= 0.6 is 0 Å². The lowest BCUT2D eigenvalue weighted by Crippen LogP contribution is -2.23. The molecule has 0 amide bonds. The first kappa shape index (κ1) is 14.1. The Labute approximate surface area is 126 Å². The van der Waals surface area contributed by atoms with Crippen molar-refractivity contribution in [3.8, 4) is 5.69 Å². The summed E-state index contributed by atoms with van der Waals surface area (Å²) in [7, 11) is 0. The number of nitrogens with zero attached hydrogens (tertiary/aromatic N) is 3. The summed E-state index contributed by atoms with van der Waals surface area (Å²) in [5.41, 5.74) is 2.20. The van der Waals surface area contributed by atoms with Gasteiger partial charge in [0, 0.05) is 25.0 Å². The van der Waals surface area contributed by atoms with Crippen molar-refractivity contribution in [2.24, 2.45) is 5.92 Å². The normalized spacial score (nSPS) is 19.0. The molecule has 1 saturated heterocycles. The third-order valence-electron chi connectivity index (χ3n) is 4.23. The van der Waals surface area contributed by atoms with Gasteiger partial charge in [-0.05, 0) is 44.5 Å². The highest BCUT2D eigenvalue weighted by atomic mass is 15.2. The van der Waals surface area contributed by atoms with E-state index in [-0.39, 0.29) is 0 Å². The lowest BCUT2D eigenvalue weighted by molar-refractivity contribution is 0.345. The van der Waals surface area contributed by atoms with Crippen molar-refractivity contribution in [3.05, 3.63) is 42.2 Å². The fraction of sp³-hybridized carbons (Fsp3) is 0.471. The van der Waals surface area contributed by atoms with Crippen LogP contribution in [-0.2, 0) is 0 Å². The van der Waals surface area contributed by atoms with E-state index >= 15 is 0 Å². The van der Waals surface area contributed by atoms with Gasteiger partial charge in [0.2, 0.25) is 5.95 Å². The van der Waals surface area contributed by atoms with Crippen LogP contribution < -0.4 is 5.32 Å². The molecule has 4 nitrogen and oxygen atoms in total. The smallest absolute Gasteiger partial charge is 0.207 e. The summed E-state index contributed by atoms with van der Waals surface area (Å²) in [4.78, 5) is 7.14. The average Bonchev–Trinajstić information content (AvgIpc) is 3.12. The quantitative estimate of drug-likeness (QED) is 0.916. The van der Waals surface area contributed by atoms with Gasteiger partial charge >= 0.3 is 0 Å². The number of hydrogen-bond acceptors (Lipinski definition) is 3. The van der Waals surface area contributed by atoms with Crippen molar-refractivity contribution in [3.63, 3.8) is 0 Å². The van der Waals surface area contributed by atoms with Crippen LogP contribution in [0.4, 0.5) is 5.95 Å². The molecule has 0 aliphatic carbocycles. The van der Waals surface area contributed by atoms with E-state index < -0.39 is 0 Å². The Morgan fingerprint density at radius 3 is 2.81 bits per heavy atom. The van der Waals surface area contributed by atoms with Crippen molar-refractivity contribution in [1.82, 2.24) is 14.5 Å². The van der Waals surface area contributed by atoms with E-state index in [4.69, 9.17) is 0 Å². The van der Waals surface area contributed by atoms with Crippen LogP contribution in [0.1, 0.15) is 19.0 Å². The summed E-state index contributed by atoms with van der Waals surface area (Å²) in [5.74, 6) is 1.68. The minimum atomic E-state index is 0.728. The van der Waals surface area contributed by atoms with E-state index in [1.807, 2.05) is 13.0 Å². The fourth-order valence-corrected chi connectivity index (χ4v) is 3.01. The van der Waals surface area contributed by atoms with Gasteiger partial charge in [0.05, 0.1) is 5.69 Å². The molecule has 1 aromatic carbocycles. The second-order valence-corrected chi connectivity index (χ2v) is 5.84. The molecule has 3 rings (SSSR count). The molecular weight excluding hydrogens is 260 g/mol. The highest BCUT2D eigenvalue weighted by molar-refractivity contribution is 5.42. The zero-order chi connectivity index (χ0) is 14.7. The maximum atomic E-state index is 4.63. The Hall–Kier alpha value is -1.81. The van der Waals surface area contributed by atoms with Gasteiger partial charge in [0.25, 0.3) is 0 Å². The predicted octanol–water partition coefficient (Wildman–Crippen LogP) is 2.93. The average molecular weight is 284 g/mol. The Bertz CT molecular complexity index is 576. The summed E-state index contributed by atoms with van der Waals surface area (Å²) >= 11 is 0. The molecule has 2 heterocycles. The number of aryl methyl sites for hydroxylation is 1. The number of imidazole rings is 1. The summed E-state index contributed by atoms with van der Waals surface area (Å²) in [6, 6.07) is 10.4. The van der Waals surface area contributed by atoms with Crippen LogP contribution in [0.2, 0.25) is 0 Å². The second kappa shape index (κ2) is 6.31. The van der Waals surface area contributed by atoms with E-state index in [1.165, 1.54) is 19.5 Å². The fourth-order valence-electron chi connectivity index (χ4n) is 3.01. The van der Waals surface area contributed by atoms with Crippen molar-refractivity contribution in [1.29, 1.82) is 0 Å². The number of rotatable bonds is 5. The largest absolute Gasteiger partial charge is 0.355 e. The molecule has 112 valence electrons. The molecule has 21 heavy (non-hydrogen) atoms. The van der Waals surface area contributed by atoms with Crippen molar-refractivity contribution in [2.45, 2.75) is 20.3 Å². The van der Waals surface area contributed by atoms with Gasteiger partial charge in [-0.1, -0.05) is 25.1 Å². The Morgan fingerprint density at radius 1 is 1.29 bits per heavy atom. The molecule has 0 spiro atoms. The molecule has 1 N–H and O–H groups in total. The Balaban J connectivity index is 1.69. The Morgan fingerprint density at radius 2 is 2.10 bits per heavy atom. The monoisotopic (exact) mass is 284 g/mol. The predicted molar refractivity (Wildman–Crippen MR) is 87.0 cm³/mol. The summed E-state index contributed by atoms with van der Waals surface area (Å²) in [6.07, 6.45) is 3.37. The minimum Gasteiger partial charge on any atom is -0.355 e. The van der Waals surface area contributed by atoms with Crippen LogP contribution in [0.3, 0.4) is 0 Å². The first-order chi connectivity index (χ1) is 10.3. The molecular formula is C17H24N4. The molecule has 0 radical (unpaired) electrons. The molecule has 1 aliphatic heterocycles. The van der Waals surface area contributed by atoms with Gasteiger partial charge in [-0.25, -0.2) is 4.98 Å². The number of para-hydroxylation sites is 1. The molecule has 1 atom stereocenters. The maximum Gasteiger partial charge on any atom is 0.207 e. The zero-order valence-electron chi connectivity index (χ0n) is 12.9. The summed E-state index contributed by atoms with van der Waals surface area (Å²) in [6.45, 7) is 8.87. The number of aromatic nitrogens is 2. The van der Waals surface area contributed by atoms with E-state index in [2.05, 4.69) is 57.2 Å². The highest BCUT2D eigenvalue weighted by Gasteiger charge is 2.21. The molecule has 1 fully saturated rings. The van der Waals surface area contributed by atoms with E-state index in [1.54, 1.807) is 0 Å². The van der Waals surface area contributed by atoms with Gasteiger partial charge in [0.1, 0.15) is 0 Å². The topological polar surface area (TPSA) is 33.1 Å². The third-order valence-corrected chi connectivity index (χ3v) is 4.23. The number of likely N-dealkylation sites (tertiary alicyclic amines) is 1. The Kier molecular flexibility index (Phi) is 4.25. The number of benzene rings is 1. The lowest BCUT2D eigenvalue weighted by Gasteiger charge is -2.15. The summed E-state index contributed by atoms with van der Waals surface area (Å²) in [5, 5.41) is 3.54. The number of nitrogens with one attached hydrogen (secondary N) is 1. The SMILES string of the molecule is CCN1CCC(CNc2nc(C)cn2-c2ccccc2)C1. The first-order valence-corrected chi connectivity index (χ1v) is 7.84. The zero-order valence-corrected chi connectivity index (χ0v) is 12.9. The lowest BCUT2D eigenvalue weighted by atomic mass is 10.1. The van der Waals surface area contributed by atoms with Crippen molar-refractivity contribution < 1.29 is 0 Å². The van der Waals surface area contributed by atoms with Gasteiger partial charge in [0.15, 0.2) is 0 Å². The van der Waals surface area contributed by atoms with E-state index in [9.17, 15) is 0 Å². The standard InChI is InChI=1S/C17H24N4/c1-3-20-10-9-15(13-20)11-18-17-19-14(2)12-21(17)16-7-5-4-6-8-16/h4-8,12,15H,3,9-11,13H2,1-2H3,(H,18,19).